The molecule has 0 radical (unpaired) electrons. The van der Waals surface area contributed by atoms with Gasteiger partial charge in [0, 0.05) is 32.0 Å². The van der Waals surface area contributed by atoms with Crippen LogP contribution in [-0.2, 0) is 9.53 Å². The van der Waals surface area contributed by atoms with E-state index in [2.05, 4.69) is 25.9 Å². The first-order chi connectivity index (χ1) is 9.58. The second-order valence-electron chi connectivity index (χ2n) is 4.41. The fraction of sp³-hybridized carbons (Fsp3) is 0.615. The molecular formula is C13H23N5O2. The van der Waals surface area contributed by atoms with Crippen LogP contribution in [0.5, 0.6) is 0 Å². The molecule has 0 aliphatic rings. The minimum absolute atomic E-state index is 0.0925. The largest absolute Gasteiger partial charge is 0.383 e. The van der Waals surface area contributed by atoms with Gasteiger partial charge in [-0.15, -0.1) is 0 Å². The average molecular weight is 281 g/mol. The Bertz CT molecular complexity index is 439. The summed E-state index contributed by atoms with van der Waals surface area (Å²) in [5, 5.41) is 8.91. The molecule has 1 rings (SSSR count). The van der Waals surface area contributed by atoms with Crippen LogP contribution in [-0.4, -0.2) is 48.7 Å². The van der Waals surface area contributed by atoms with Crippen molar-refractivity contribution in [1.29, 1.82) is 0 Å². The number of hydrogen-bond donors (Lipinski definition) is 3. The Kier molecular flexibility index (Phi) is 6.72. The van der Waals surface area contributed by atoms with Gasteiger partial charge in [-0.3, -0.25) is 4.79 Å². The lowest BCUT2D eigenvalue weighted by atomic mass is 10.2. The van der Waals surface area contributed by atoms with E-state index in [-0.39, 0.29) is 11.9 Å². The van der Waals surface area contributed by atoms with Crippen LogP contribution in [0, 0.1) is 6.92 Å². The number of anilines is 2. The number of nitrogens with zero attached hydrogens (tertiary/aromatic N) is 2. The van der Waals surface area contributed by atoms with Crippen LogP contribution < -0.4 is 16.0 Å². The summed E-state index contributed by atoms with van der Waals surface area (Å²) in [5.74, 6) is 1.11. The van der Waals surface area contributed by atoms with Crippen molar-refractivity contribution in [3.05, 3.63) is 11.8 Å². The van der Waals surface area contributed by atoms with Gasteiger partial charge >= 0.3 is 0 Å². The minimum Gasteiger partial charge on any atom is -0.383 e. The monoisotopic (exact) mass is 281 g/mol. The Morgan fingerprint density at radius 3 is 2.90 bits per heavy atom. The fourth-order valence-corrected chi connectivity index (χ4v) is 1.53. The molecule has 0 aliphatic heterocycles. The van der Waals surface area contributed by atoms with E-state index in [4.69, 9.17) is 4.74 Å². The Morgan fingerprint density at radius 1 is 1.50 bits per heavy atom. The maximum Gasteiger partial charge on any atom is 0.242 e. The number of rotatable bonds is 8. The molecule has 1 aromatic heterocycles. The first-order valence-electron chi connectivity index (χ1n) is 6.69. The first kappa shape index (κ1) is 16.2. The van der Waals surface area contributed by atoms with Crippen LogP contribution in [0.1, 0.15) is 19.4 Å². The Balaban J connectivity index is 2.62. The highest BCUT2D eigenvalue weighted by Gasteiger charge is 2.14. The van der Waals surface area contributed by atoms with Crippen LogP contribution in [0.3, 0.4) is 0 Å². The molecule has 7 nitrogen and oxygen atoms in total. The van der Waals surface area contributed by atoms with Gasteiger partial charge < -0.3 is 20.7 Å². The minimum atomic E-state index is -0.380. The predicted octanol–water partition coefficient (Wildman–Crippen LogP) is 0.780. The highest BCUT2D eigenvalue weighted by molar-refractivity contribution is 5.84. The zero-order valence-electron chi connectivity index (χ0n) is 12.5. The number of ether oxygens (including phenoxy) is 1. The number of carbonyl (C=O) groups is 1. The van der Waals surface area contributed by atoms with Crippen LogP contribution >= 0.6 is 0 Å². The van der Waals surface area contributed by atoms with Gasteiger partial charge in [-0.25, -0.2) is 4.98 Å². The van der Waals surface area contributed by atoms with E-state index in [0.29, 0.717) is 24.9 Å². The molecule has 0 bridgehead atoms. The molecule has 0 aromatic carbocycles. The van der Waals surface area contributed by atoms with Crippen molar-refractivity contribution in [3.63, 3.8) is 0 Å². The Morgan fingerprint density at radius 2 is 2.25 bits per heavy atom. The van der Waals surface area contributed by atoms with Crippen molar-refractivity contribution in [3.8, 4) is 0 Å². The van der Waals surface area contributed by atoms with Gasteiger partial charge in [-0.05, 0) is 20.8 Å². The zero-order valence-corrected chi connectivity index (χ0v) is 12.5. The number of carbonyl (C=O) groups excluding carboxylic acids is 1. The topological polar surface area (TPSA) is 88.2 Å². The van der Waals surface area contributed by atoms with Crippen LogP contribution in [0.2, 0.25) is 0 Å². The van der Waals surface area contributed by atoms with Gasteiger partial charge in [0.25, 0.3) is 0 Å². The third kappa shape index (κ3) is 5.00. The summed E-state index contributed by atoms with van der Waals surface area (Å²) in [5.41, 5.74) is 0.892. The van der Waals surface area contributed by atoms with Crippen molar-refractivity contribution in [1.82, 2.24) is 15.3 Å². The fourth-order valence-electron chi connectivity index (χ4n) is 1.53. The van der Waals surface area contributed by atoms with Crippen LogP contribution in [0.25, 0.3) is 0 Å². The third-order valence-corrected chi connectivity index (χ3v) is 2.66. The molecule has 0 saturated carbocycles. The molecule has 1 aromatic rings. The number of amides is 1. The van der Waals surface area contributed by atoms with Crippen LogP contribution in [0.15, 0.2) is 6.20 Å². The lowest BCUT2D eigenvalue weighted by molar-refractivity contribution is -0.121. The van der Waals surface area contributed by atoms with Crippen molar-refractivity contribution >= 4 is 17.7 Å². The summed E-state index contributed by atoms with van der Waals surface area (Å²) in [6.07, 6.45) is 1.73. The number of nitrogens with one attached hydrogen (secondary N) is 3. The van der Waals surface area contributed by atoms with Crippen molar-refractivity contribution in [2.75, 3.05) is 37.4 Å². The van der Waals surface area contributed by atoms with E-state index < -0.39 is 0 Å². The number of methoxy groups -OCH3 is 1. The highest BCUT2D eigenvalue weighted by Crippen LogP contribution is 2.13. The summed E-state index contributed by atoms with van der Waals surface area (Å²) < 4.78 is 4.89. The lowest BCUT2D eigenvalue weighted by Gasteiger charge is -2.16. The SMILES string of the molecule is CCNc1ncc(C)c(NC(C)C(=O)NCCOC)n1. The summed E-state index contributed by atoms with van der Waals surface area (Å²) in [6.45, 7) is 7.39. The van der Waals surface area contributed by atoms with Crippen molar-refractivity contribution in [2.24, 2.45) is 0 Å². The average Bonchev–Trinajstić information content (AvgIpc) is 2.43. The summed E-state index contributed by atoms with van der Waals surface area (Å²) in [6, 6.07) is -0.380. The zero-order chi connectivity index (χ0) is 15.0. The highest BCUT2D eigenvalue weighted by atomic mass is 16.5. The maximum atomic E-state index is 11.9. The molecule has 1 amide bonds. The van der Waals surface area contributed by atoms with Gasteiger partial charge in [0.05, 0.1) is 6.61 Å². The number of hydrogen-bond acceptors (Lipinski definition) is 6. The van der Waals surface area contributed by atoms with Gasteiger partial charge in [0.2, 0.25) is 11.9 Å². The molecule has 0 spiro atoms. The van der Waals surface area contributed by atoms with Gasteiger partial charge in [0.15, 0.2) is 0 Å². The van der Waals surface area contributed by atoms with Gasteiger partial charge in [0.1, 0.15) is 11.9 Å². The van der Waals surface area contributed by atoms with Crippen molar-refractivity contribution in [2.45, 2.75) is 26.8 Å². The normalized spacial score (nSPS) is 11.8. The molecule has 20 heavy (non-hydrogen) atoms. The summed E-state index contributed by atoms with van der Waals surface area (Å²) >= 11 is 0. The van der Waals surface area contributed by atoms with E-state index in [1.54, 1.807) is 20.2 Å². The van der Waals surface area contributed by atoms with E-state index in [9.17, 15) is 4.79 Å². The summed E-state index contributed by atoms with van der Waals surface area (Å²) in [7, 11) is 1.60. The standard InChI is InChI=1S/C13H23N5O2/c1-5-14-13-16-8-9(2)11(18-13)17-10(3)12(19)15-6-7-20-4/h8,10H,5-7H2,1-4H3,(H,15,19)(H2,14,16,17,18). The molecule has 0 saturated heterocycles. The van der Waals surface area contributed by atoms with Crippen molar-refractivity contribution < 1.29 is 9.53 Å². The molecule has 3 N–H and O–H groups in total. The molecule has 1 unspecified atom stereocenters. The lowest BCUT2D eigenvalue weighted by Crippen LogP contribution is -2.39. The van der Waals surface area contributed by atoms with Gasteiger partial charge in [-0.1, -0.05) is 0 Å². The quantitative estimate of drug-likeness (QED) is 0.610. The molecular weight excluding hydrogens is 258 g/mol. The summed E-state index contributed by atoms with van der Waals surface area (Å²) in [4.78, 5) is 20.4. The van der Waals surface area contributed by atoms with Gasteiger partial charge in [-0.2, -0.15) is 4.98 Å². The van der Waals surface area contributed by atoms with E-state index in [1.165, 1.54) is 0 Å². The third-order valence-electron chi connectivity index (χ3n) is 2.66. The maximum absolute atomic E-state index is 11.9. The molecule has 7 heteroatoms. The molecule has 0 fully saturated rings. The molecule has 1 atom stereocenters. The predicted molar refractivity (Wildman–Crippen MR) is 78.9 cm³/mol. The molecule has 0 aliphatic carbocycles. The van der Waals surface area contributed by atoms with Crippen LogP contribution in [0.4, 0.5) is 11.8 Å². The second-order valence-corrected chi connectivity index (χ2v) is 4.41. The molecule has 1 heterocycles. The first-order valence-corrected chi connectivity index (χ1v) is 6.69. The molecule has 112 valence electrons. The smallest absolute Gasteiger partial charge is 0.242 e. The Labute approximate surface area is 119 Å². The second kappa shape index (κ2) is 8.31. The number of aryl methyl sites for hydroxylation is 1. The van der Waals surface area contributed by atoms with E-state index in [0.717, 1.165) is 12.1 Å². The van der Waals surface area contributed by atoms with E-state index in [1.807, 2.05) is 13.8 Å². The van der Waals surface area contributed by atoms with E-state index >= 15 is 0 Å². The number of aromatic nitrogens is 2. The Hall–Kier alpha value is -1.89.